The SMILES string of the molecule is COc1ccc(-c2nnc(NC(=O)Nc3ccc(F)cc3)s2)cc1. The number of anilines is 2. The van der Waals surface area contributed by atoms with E-state index in [-0.39, 0.29) is 5.82 Å². The summed E-state index contributed by atoms with van der Waals surface area (Å²) < 4.78 is 17.9. The van der Waals surface area contributed by atoms with E-state index in [4.69, 9.17) is 4.74 Å². The van der Waals surface area contributed by atoms with Crippen LogP contribution in [-0.2, 0) is 0 Å². The quantitative estimate of drug-likeness (QED) is 0.750. The van der Waals surface area contributed by atoms with Crippen LogP contribution in [0.3, 0.4) is 0 Å². The molecule has 2 N–H and O–H groups in total. The number of urea groups is 1. The van der Waals surface area contributed by atoms with Crippen LogP contribution in [0.1, 0.15) is 0 Å². The largest absolute Gasteiger partial charge is 0.497 e. The lowest BCUT2D eigenvalue weighted by molar-refractivity contribution is 0.262. The molecule has 3 aromatic rings. The number of nitrogens with zero attached hydrogens (tertiary/aromatic N) is 2. The normalized spacial score (nSPS) is 10.2. The van der Waals surface area contributed by atoms with Crippen molar-refractivity contribution >= 4 is 28.2 Å². The topological polar surface area (TPSA) is 76.1 Å². The lowest BCUT2D eigenvalue weighted by Gasteiger charge is -2.04. The van der Waals surface area contributed by atoms with E-state index >= 15 is 0 Å². The highest BCUT2D eigenvalue weighted by Gasteiger charge is 2.10. The molecule has 24 heavy (non-hydrogen) atoms. The van der Waals surface area contributed by atoms with Gasteiger partial charge in [0.2, 0.25) is 5.13 Å². The Kier molecular flexibility index (Phi) is 4.66. The third-order valence-electron chi connectivity index (χ3n) is 3.08. The molecular formula is C16H13FN4O2S. The Morgan fingerprint density at radius 2 is 1.75 bits per heavy atom. The molecule has 0 atom stereocenters. The van der Waals surface area contributed by atoms with E-state index in [1.807, 2.05) is 24.3 Å². The summed E-state index contributed by atoms with van der Waals surface area (Å²) in [5.74, 6) is 0.384. The van der Waals surface area contributed by atoms with Crippen molar-refractivity contribution in [2.45, 2.75) is 0 Å². The molecule has 0 aliphatic heterocycles. The molecule has 2 aromatic carbocycles. The maximum Gasteiger partial charge on any atom is 0.325 e. The molecular weight excluding hydrogens is 331 g/mol. The van der Waals surface area contributed by atoms with Crippen molar-refractivity contribution in [3.63, 3.8) is 0 Å². The molecule has 0 radical (unpaired) electrons. The highest BCUT2D eigenvalue weighted by Crippen LogP contribution is 2.27. The molecule has 8 heteroatoms. The average Bonchev–Trinajstić information content (AvgIpc) is 3.05. The third kappa shape index (κ3) is 3.85. The summed E-state index contributed by atoms with van der Waals surface area (Å²) in [5.41, 5.74) is 1.36. The second kappa shape index (κ2) is 7.05. The highest BCUT2D eigenvalue weighted by molar-refractivity contribution is 7.18. The van der Waals surface area contributed by atoms with Crippen LogP contribution in [0.4, 0.5) is 20.0 Å². The monoisotopic (exact) mass is 344 g/mol. The van der Waals surface area contributed by atoms with E-state index in [1.54, 1.807) is 7.11 Å². The van der Waals surface area contributed by atoms with Crippen molar-refractivity contribution in [2.75, 3.05) is 17.7 Å². The Morgan fingerprint density at radius 3 is 2.42 bits per heavy atom. The van der Waals surface area contributed by atoms with Crippen LogP contribution < -0.4 is 15.4 Å². The van der Waals surface area contributed by atoms with Gasteiger partial charge in [0.15, 0.2) is 0 Å². The van der Waals surface area contributed by atoms with Gasteiger partial charge >= 0.3 is 6.03 Å². The maximum atomic E-state index is 12.8. The summed E-state index contributed by atoms with van der Waals surface area (Å²) in [6, 6.07) is 12.4. The Balaban J connectivity index is 1.64. The van der Waals surface area contributed by atoms with Gasteiger partial charge in [-0.15, -0.1) is 10.2 Å². The van der Waals surface area contributed by atoms with E-state index in [0.29, 0.717) is 15.8 Å². The van der Waals surface area contributed by atoms with Gasteiger partial charge in [0.1, 0.15) is 16.6 Å². The zero-order valence-electron chi connectivity index (χ0n) is 12.6. The number of benzene rings is 2. The number of nitrogens with one attached hydrogen (secondary N) is 2. The van der Waals surface area contributed by atoms with Crippen LogP contribution in [0.15, 0.2) is 48.5 Å². The number of methoxy groups -OCH3 is 1. The van der Waals surface area contributed by atoms with E-state index in [9.17, 15) is 9.18 Å². The molecule has 0 aliphatic carbocycles. The van der Waals surface area contributed by atoms with Crippen molar-refractivity contribution in [1.82, 2.24) is 10.2 Å². The Bertz CT molecular complexity index is 834. The maximum absolute atomic E-state index is 12.8. The Labute approximate surface area is 141 Å². The number of amides is 2. The molecule has 0 saturated carbocycles. The van der Waals surface area contributed by atoms with Gasteiger partial charge in [-0.05, 0) is 48.5 Å². The van der Waals surface area contributed by atoms with Crippen LogP contribution >= 0.6 is 11.3 Å². The first kappa shape index (κ1) is 15.9. The molecule has 1 aromatic heterocycles. The lowest BCUT2D eigenvalue weighted by atomic mass is 10.2. The summed E-state index contributed by atoms with van der Waals surface area (Å²) in [4.78, 5) is 11.9. The van der Waals surface area contributed by atoms with Gasteiger partial charge in [-0.3, -0.25) is 5.32 Å². The van der Waals surface area contributed by atoms with Gasteiger partial charge in [0, 0.05) is 11.3 Å². The molecule has 0 saturated heterocycles. The second-order valence-electron chi connectivity index (χ2n) is 4.73. The molecule has 3 rings (SSSR count). The summed E-state index contributed by atoms with van der Waals surface area (Å²) in [6.45, 7) is 0. The third-order valence-corrected chi connectivity index (χ3v) is 3.97. The summed E-state index contributed by atoms with van der Waals surface area (Å²) in [5, 5.41) is 14.2. The van der Waals surface area contributed by atoms with Crippen molar-refractivity contribution in [3.05, 3.63) is 54.3 Å². The van der Waals surface area contributed by atoms with Crippen LogP contribution in [0, 0.1) is 5.82 Å². The first-order valence-electron chi connectivity index (χ1n) is 6.95. The average molecular weight is 344 g/mol. The van der Waals surface area contributed by atoms with E-state index in [0.717, 1.165) is 11.3 Å². The molecule has 0 fully saturated rings. The summed E-state index contributed by atoms with van der Waals surface area (Å²) in [7, 11) is 1.60. The van der Waals surface area contributed by atoms with Crippen LogP contribution in [0.2, 0.25) is 0 Å². The van der Waals surface area contributed by atoms with Crippen LogP contribution in [0.25, 0.3) is 10.6 Å². The Morgan fingerprint density at radius 1 is 1.04 bits per heavy atom. The van der Waals surface area contributed by atoms with Crippen LogP contribution in [0.5, 0.6) is 5.75 Å². The number of hydrogen-bond donors (Lipinski definition) is 2. The van der Waals surface area contributed by atoms with E-state index in [1.165, 1.54) is 35.6 Å². The first-order valence-corrected chi connectivity index (χ1v) is 7.77. The highest BCUT2D eigenvalue weighted by atomic mass is 32.1. The number of hydrogen-bond acceptors (Lipinski definition) is 5. The minimum atomic E-state index is -0.473. The van der Waals surface area contributed by atoms with E-state index < -0.39 is 6.03 Å². The van der Waals surface area contributed by atoms with Crippen molar-refractivity contribution < 1.29 is 13.9 Å². The van der Waals surface area contributed by atoms with Crippen molar-refractivity contribution in [2.24, 2.45) is 0 Å². The summed E-state index contributed by atoms with van der Waals surface area (Å²) >= 11 is 1.25. The number of carbonyl (C=O) groups is 1. The fourth-order valence-corrected chi connectivity index (χ4v) is 2.66. The molecule has 2 amide bonds. The van der Waals surface area contributed by atoms with Gasteiger partial charge in [0.25, 0.3) is 0 Å². The number of aromatic nitrogens is 2. The van der Waals surface area contributed by atoms with Gasteiger partial charge in [-0.25, -0.2) is 9.18 Å². The predicted molar refractivity (Wildman–Crippen MR) is 90.9 cm³/mol. The van der Waals surface area contributed by atoms with Crippen molar-refractivity contribution in [1.29, 1.82) is 0 Å². The molecule has 0 spiro atoms. The fourth-order valence-electron chi connectivity index (χ4n) is 1.92. The predicted octanol–water partition coefficient (Wildman–Crippen LogP) is 4.00. The smallest absolute Gasteiger partial charge is 0.325 e. The summed E-state index contributed by atoms with van der Waals surface area (Å²) in [6.07, 6.45) is 0. The molecule has 0 aliphatic rings. The molecule has 0 unspecified atom stereocenters. The number of ether oxygens (including phenoxy) is 1. The molecule has 1 heterocycles. The van der Waals surface area contributed by atoms with Gasteiger partial charge in [0.05, 0.1) is 7.11 Å². The van der Waals surface area contributed by atoms with Gasteiger partial charge in [-0.1, -0.05) is 11.3 Å². The van der Waals surface area contributed by atoms with Crippen LogP contribution in [-0.4, -0.2) is 23.3 Å². The van der Waals surface area contributed by atoms with Gasteiger partial charge < -0.3 is 10.1 Å². The fraction of sp³-hybridized carbons (Fsp3) is 0.0625. The number of carbonyl (C=O) groups excluding carboxylic acids is 1. The zero-order chi connectivity index (χ0) is 16.9. The minimum Gasteiger partial charge on any atom is -0.497 e. The second-order valence-corrected chi connectivity index (χ2v) is 5.70. The molecule has 122 valence electrons. The number of rotatable bonds is 4. The molecule has 0 bridgehead atoms. The van der Waals surface area contributed by atoms with Crippen molar-refractivity contribution in [3.8, 4) is 16.3 Å². The molecule has 6 nitrogen and oxygen atoms in total. The zero-order valence-corrected chi connectivity index (χ0v) is 13.4. The number of halogens is 1. The first-order chi connectivity index (χ1) is 11.6. The Hall–Kier alpha value is -3.00. The van der Waals surface area contributed by atoms with Gasteiger partial charge in [-0.2, -0.15) is 0 Å². The van der Waals surface area contributed by atoms with E-state index in [2.05, 4.69) is 20.8 Å². The lowest BCUT2D eigenvalue weighted by Crippen LogP contribution is -2.19. The standard InChI is InChI=1S/C16H13FN4O2S/c1-23-13-8-2-10(3-9-13)14-20-21-16(24-14)19-15(22)18-12-6-4-11(17)5-7-12/h2-9H,1H3,(H2,18,19,21,22). The minimum absolute atomic E-state index is 0.362.